The minimum Gasteiger partial charge on any atom is -0.504 e. The summed E-state index contributed by atoms with van der Waals surface area (Å²) in [7, 11) is 1.42. The Balaban J connectivity index is 1.85. The summed E-state index contributed by atoms with van der Waals surface area (Å²) in [5.74, 6) is -1.15. The quantitative estimate of drug-likeness (QED) is 0.207. The molecular weight excluding hydrogens is 504 g/mol. The van der Waals surface area contributed by atoms with Crippen LogP contribution in [0.25, 0.3) is 6.08 Å². The van der Waals surface area contributed by atoms with Gasteiger partial charge in [-0.25, -0.2) is 4.79 Å². The van der Waals surface area contributed by atoms with E-state index in [0.29, 0.717) is 12.0 Å². The monoisotopic (exact) mass is 542 g/mol. The van der Waals surface area contributed by atoms with Crippen LogP contribution in [0.2, 0.25) is 0 Å². The third-order valence-electron chi connectivity index (χ3n) is 6.57. The molecule has 5 unspecified atom stereocenters. The van der Waals surface area contributed by atoms with E-state index in [1.807, 2.05) is 30.3 Å². The number of hydrogen-bond acceptors (Lipinski definition) is 9. The van der Waals surface area contributed by atoms with E-state index in [9.17, 15) is 24.9 Å². The standard InChI is InChI=1S/C30H38O9/c1-4-5-6-10-13-25(32)38-27-26(33)19(2)37-30(35)28(27)39-29(34)22(16-20-11-8-7-9-12-20)17-21-14-15-23(31)24(18-21)36-3/h7-9,11-12,14-15,17-19,26-28,30-31,33,35H,4-6,10,13,16H2,1-3H3. The largest absolute Gasteiger partial charge is 0.504 e. The average Bonchev–Trinajstić information content (AvgIpc) is 2.92. The number of phenolic OH excluding ortho intramolecular Hbond substituents is 1. The number of carbonyl (C=O) groups is 2. The van der Waals surface area contributed by atoms with E-state index in [1.54, 1.807) is 18.2 Å². The molecule has 9 nitrogen and oxygen atoms in total. The van der Waals surface area contributed by atoms with Crippen molar-refractivity contribution in [3.63, 3.8) is 0 Å². The van der Waals surface area contributed by atoms with Gasteiger partial charge in [0.1, 0.15) is 6.10 Å². The molecular formula is C30H38O9. The number of phenols is 1. The highest BCUT2D eigenvalue weighted by Crippen LogP contribution is 2.29. The first-order valence-corrected chi connectivity index (χ1v) is 13.3. The van der Waals surface area contributed by atoms with Crippen LogP contribution >= 0.6 is 0 Å². The van der Waals surface area contributed by atoms with Gasteiger partial charge in [-0.1, -0.05) is 62.6 Å². The number of methoxy groups -OCH3 is 1. The van der Waals surface area contributed by atoms with Gasteiger partial charge in [-0.2, -0.15) is 0 Å². The highest BCUT2D eigenvalue weighted by Gasteiger charge is 2.48. The molecule has 0 spiro atoms. The van der Waals surface area contributed by atoms with Crippen molar-refractivity contribution >= 4 is 18.0 Å². The fourth-order valence-corrected chi connectivity index (χ4v) is 4.35. The summed E-state index contributed by atoms with van der Waals surface area (Å²) in [5, 5.41) is 31.3. The molecule has 1 heterocycles. The molecule has 0 bridgehead atoms. The molecule has 1 aliphatic rings. The smallest absolute Gasteiger partial charge is 0.334 e. The Morgan fingerprint density at radius 1 is 1.00 bits per heavy atom. The number of aromatic hydroxyl groups is 1. The van der Waals surface area contributed by atoms with Gasteiger partial charge in [-0.3, -0.25) is 4.79 Å². The number of esters is 2. The van der Waals surface area contributed by atoms with E-state index < -0.39 is 42.6 Å². The predicted molar refractivity (Wildman–Crippen MR) is 144 cm³/mol. The second kappa shape index (κ2) is 14.7. The number of hydrogen-bond donors (Lipinski definition) is 3. The normalized spacial score (nSPS) is 23.2. The van der Waals surface area contributed by atoms with Crippen molar-refractivity contribution in [3.8, 4) is 11.5 Å². The van der Waals surface area contributed by atoms with Crippen LogP contribution in [-0.4, -0.2) is 65.1 Å². The van der Waals surface area contributed by atoms with Crippen LogP contribution in [0.4, 0.5) is 0 Å². The van der Waals surface area contributed by atoms with Crippen LogP contribution in [-0.2, 0) is 30.2 Å². The SMILES string of the molecule is CCCCCCC(=O)OC1C(O)C(C)OC(O)C1OC(=O)C(=Cc1ccc(O)c(OC)c1)Cc1ccccc1. The van der Waals surface area contributed by atoms with Gasteiger partial charge in [0.25, 0.3) is 0 Å². The molecule has 0 aliphatic carbocycles. The molecule has 1 saturated heterocycles. The number of ether oxygens (including phenoxy) is 4. The first kappa shape index (κ1) is 30.1. The van der Waals surface area contributed by atoms with Crippen molar-refractivity contribution < 1.29 is 43.9 Å². The first-order chi connectivity index (χ1) is 18.7. The van der Waals surface area contributed by atoms with Crippen LogP contribution < -0.4 is 4.74 Å². The summed E-state index contributed by atoms with van der Waals surface area (Å²) in [4.78, 5) is 26.0. The highest BCUT2D eigenvalue weighted by atomic mass is 16.7. The van der Waals surface area contributed by atoms with Crippen molar-refractivity contribution in [2.75, 3.05) is 7.11 Å². The lowest BCUT2D eigenvalue weighted by atomic mass is 9.98. The van der Waals surface area contributed by atoms with Gasteiger partial charge in [-0.05, 0) is 42.7 Å². The highest BCUT2D eigenvalue weighted by molar-refractivity contribution is 5.94. The average molecular weight is 543 g/mol. The molecule has 212 valence electrons. The molecule has 39 heavy (non-hydrogen) atoms. The summed E-state index contributed by atoms with van der Waals surface area (Å²) in [5.41, 5.74) is 1.62. The minimum absolute atomic E-state index is 0.0493. The Morgan fingerprint density at radius 3 is 2.44 bits per heavy atom. The van der Waals surface area contributed by atoms with E-state index in [0.717, 1.165) is 24.8 Å². The molecule has 3 rings (SSSR count). The summed E-state index contributed by atoms with van der Waals surface area (Å²) >= 11 is 0. The lowest BCUT2D eigenvalue weighted by Gasteiger charge is -2.40. The Morgan fingerprint density at radius 2 is 1.74 bits per heavy atom. The van der Waals surface area contributed by atoms with Crippen molar-refractivity contribution in [2.24, 2.45) is 0 Å². The molecule has 1 fully saturated rings. The van der Waals surface area contributed by atoms with Crippen LogP contribution in [0.5, 0.6) is 11.5 Å². The van der Waals surface area contributed by atoms with E-state index in [-0.39, 0.29) is 29.9 Å². The second-order valence-electron chi connectivity index (χ2n) is 9.62. The predicted octanol–water partition coefficient (Wildman–Crippen LogP) is 3.92. The van der Waals surface area contributed by atoms with E-state index in [2.05, 4.69) is 6.92 Å². The maximum Gasteiger partial charge on any atom is 0.334 e. The van der Waals surface area contributed by atoms with E-state index in [1.165, 1.54) is 20.1 Å². The summed E-state index contributed by atoms with van der Waals surface area (Å²) < 4.78 is 21.7. The zero-order valence-electron chi connectivity index (χ0n) is 22.6. The number of aliphatic hydroxyl groups is 2. The lowest BCUT2D eigenvalue weighted by Crippen LogP contribution is -2.59. The summed E-state index contributed by atoms with van der Waals surface area (Å²) in [6, 6.07) is 13.9. The minimum atomic E-state index is -1.61. The number of aliphatic hydroxyl groups excluding tert-OH is 2. The Labute approximate surface area is 229 Å². The Kier molecular flexibility index (Phi) is 11.3. The number of benzene rings is 2. The van der Waals surface area contributed by atoms with Crippen LogP contribution in [0.1, 0.15) is 57.1 Å². The molecule has 2 aromatic carbocycles. The molecule has 0 radical (unpaired) electrons. The van der Waals surface area contributed by atoms with Gasteiger partial charge < -0.3 is 34.3 Å². The molecule has 0 amide bonds. The zero-order valence-corrected chi connectivity index (χ0v) is 22.6. The topological polar surface area (TPSA) is 132 Å². The number of carbonyl (C=O) groups excluding carboxylic acids is 2. The number of unbranched alkanes of at least 4 members (excludes halogenated alkanes) is 3. The van der Waals surface area contributed by atoms with Crippen molar-refractivity contribution in [1.29, 1.82) is 0 Å². The fraction of sp³-hybridized carbons (Fsp3) is 0.467. The molecule has 5 atom stereocenters. The number of rotatable bonds is 12. The van der Waals surface area contributed by atoms with Crippen LogP contribution in [0.15, 0.2) is 54.1 Å². The Bertz CT molecular complexity index is 1110. The van der Waals surface area contributed by atoms with Crippen LogP contribution in [0.3, 0.4) is 0 Å². The van der Waals surface area contributed by atoms with Crippen molar-refractivity contribution in [1.82, 2.24) is 0 Å². The first-order valence-electron chi connectivity index (χ1n) is 13.3. The van der Waals surface area contributed by atoms with E-state index >= 15 is 0 Å². The zero-order chi connectivity index (χ0) is 28.4. The second-order valence-corrected chi connectivity index (χ2v) is 9.62. The third-order valence-corrected chi connectivity index (χ3v) is 6.57. The maximum absolute atomic E-state index is 13.5. The van der Waals surface area contributed by atoms with Gasteiger partial charge >= 0.3 is 11.9 Å². The molecule has 9 heteroatoms. The molecule has 0 saturated carbocycles. The lowest BCUT2D eigenvalue weighted by molar-refractivity contribution is -0.285. The fourth-order valence-electron chi connectivity index (χ4n) is 4.35. The Hall–Kier alpha value is -3.40. The maximum atomic E-state index is 13.5. The van der Waals surface area contributed by atoms with Crippen molar-refractivity contribution in [3.05, 3.63) is 65.2 Å². The summed E-state index contributed by atoms with van der Waals surface area (Å²) in [6.45, 7) is 3.60. The third kappa shape index (κ3) is 8.54. The van der Waals surface area contributed by atoms with Gasteiger partial charge in [0.2, 0.25) is 0 Å². The molecule has 1 aliphatic heterocycles. The van der Waals surface area contributed by atoms with Crippen LogP contribution in [0, 0.1) is 0 Å². The van der Waals surface area contributed by atoms with Gasteiger partial charge in [0.05, 0.1) is 13.2 Å². The molecule has 0 aromatic heterocycles. The van der Waals surface area contributed by atoms with E-state index in [4.69, 9.17) is 18.9 Å². The molecule has 3 N–H and O–H groups in total. The summed E-state index contributed by atoms with van der Waals surface area (Å²) in [6.07, 6.45) is -1.09. The molecule has 2 aromatic rings. The van der Waals surface area contributed by atoms with Gasteiger partial charge in [-0.15, -0.1) is 0 Å². The van der Waals surface area contributed by atoms with Gasteiger partial charge in [0.15, 0.2) is 30.0 Å². The van der Waals surface area contributed by atoms with Gasteiger partial charge in [0, 0.05) is 18.4 Å². The van der Waals surface area contributed by atoms with Crippen molar-refractivity contribution in [2.45, 2.75) is 83.1 Å².